The normalized spacial score (nSPS) is 9.57. The first-order valence-corrected chi connectivity index (χ1v) is 3.78. The molecule has 1 rings (SSSR count). The Hall–Kier alpha value is -1.91. The Morgan fingerprint density at radius 1 is 1.64 bits per heavy atom. The van der Waals surface area contributed by atoms with E-state index < -0.39 is 11.8 Å². The highest BCUT2D eigenvalue weighted by molar-refractivity contribution is 6.00. The Morgan fingerprint density at radius 2 is 2.29 bits per heavy atom. The van der Waals surface area contributed by atoms with Crippen molar-refractivity contribution in [3.8, 4) is 0 Å². The van der Waals surface area contributed by atoms with Gasteiger partial charge >= 0.3 is 5.97 Å². The van der Waals surface area contributed by atoms with Gasteiger partial charge in [0.15, 0.2) is 0 Å². The van der Waals surface area contributed by atoms with Gasteiger partial charge in [0.05, 0.1) is 23.9 Å². The Labute approximate surface area is 80.0 Å². The van der Waals surface area contributed by atoms with E-state index in [0.29, 0.717) is 0 Å². The molecule has 4 nitrogen and oxygen atoms in total. The molecule has 0 spiro atoms. The third kappa shape index (κ3) is 1.56. The largest absolute Gasteiger partial charge is 0.465 e. The smallest absolute Gasteiger partial charge is 0.339 e. The average molecular weight is 196 g/mol. The van der Waals surface area contributed by atoms with E-state index in [2.05, 4.69) is 4.74 Å². The quantitative estimate of drug-likeness (QED) is 0.423. The summed E-state index contributed by atoms with van der Waals surface area (Å²) in [6.45, 7) is 0. The molecule has 74 valence electrons. The summed E-state index contributed by atoms with van der Waals surface area (Å²) in [6, 6.07) is 2.30. The Balaban J connectivity index is 3.35. The van der Waals surface area contributed by atoms with E-state index in [1.165, 1.54) is 13.2 Å². The van der Waals surface area contributed by atoms with Crippen LogP contribution in [0.2, 0.25) is 0 Å². The number of nitrogen functional groups attached to an aromatic ring is 1. The van der Waals surface area contributed by atoms with Crippen LogP contribution in [0.4, 0.5) is 10.1 Å². The summed E-state index contributed by atoms with van der Waals surface area (Å²) in [6.07, 6.45) is 0.761. The molecule has 0 unspecified atom stereocenters. The molecule has 14 heavy (non-hydrogen) atoms. The number of benzene rings is 1. The minimum absolute atomic E-state index is 0.0624. The molecular formula is C9H9FN2O2. The van der Waals surface area contributed by atoms with E-state index in [-0.39, 0.29) is 16.8 Å². The van der Waals surface area contributed by atoms with Gasteiger partial charge in [-0.05, 0) is 12.1 Å². The van der Waals surface area contributed by atoms with E-state index in [0.717, 1.165) is 12.3 Å². The summed E-state index contributed by atoms with van der Waals surface area (Å²) >= 11 is 0. The van der Waals surface area contributed by atoms with Gasteiger partial charge in [0.2, 0.25) is 0 Å². The number of carbonyl (C=O) groups is 1. The molecule has 0 saturated carbocycles. The van der Waals surface area contributed by atoms with Crippen LogP contribution in [0, 0.1) is 11.2 Å². The van der Waals surface area contributed by atoms with Crippen LogP contribution >= 0.6 is 0 Å². The minimum Gasteiger partial charge on any atom is -0.465 e. The third-order valence-electron chi connectivity index (χ3n) is 1.78. The Kier molecular flexibility index (Phi) is 2.81. The second-order valence-corrected chi connectivity index (χ2v) is 2.56. The van der Waals surface area contributed by atoms with Gasteiger partial charge in [0.1, 0.15) is 5.82 Å². The summed E-state index contributed by atoms with van der Waals surface area (Å²) < 4.78 is 17.5. The van der Waals surface area contributed by atoms with Gasteiger partial charge in [-0.2, -0.15) is 0 Å². The van der Waals surface area contributed by atoms with Crippen LogP contribution in [-0.2, 0) is 4.74 Å². The molecule has 0 bridgehead atoms. The van der Waals surface area contributed by atoms with Crippen molar-refractivity contribution in [1.82, 2.24) is 0 Å². The summed E-state index contributed by atoms with van der Waals surface area (Å²) in [7, 11) is 1.20. The summed E-state index contributed by atoms with van der Waals surface area (Å²) in [5.41, 5.74) is 5.36. The van der Waals surface area contributed by atoms with Crippen LogP contribution in [0.3, 0.4) is 0 Å². The summed E-state index contributed by atoms with van der Waals surface area (Å²) in [5, 5.41) is 6.92. The fraction of sp³-hybridized carbons (Fsp3) is 0.111. The molecule has 0 aliphatic carbocycles. The van der Waals surface area contributed by atoms with Crippen molar-refractivity contribution in [2.24, 2.45) is 0 Å². The standard InChI is InChI=1S/C9H9FN2O2/c1-14-9(13)5-2-3-7(10)6(4-11)8(5)12/h2-4,11H,12H2,1H3. The van der Waals surface area contributed by atoms with Gasteiger partial charge in [-0.15, -0.1) is 0 Å². The second kappa shape index (κ2) is 3.87. The Morgan fingerprint density at radius 3 is 2.79 bits per heavy atom. The van der Waals surface area contributed by atoms with Crippen molar-refractivity contribution < 1.29 is 13.9 Å². The van der Waals surface area contributed by atoms with Crippen molar-refractivity contribution in [2.45, 2.75) is 0 Å². The number of rotatable bonds is 2. The number of anilines is 1. The maximum absolute atomic E-state index is 13.0. The van der Waals surface area contributed by atoms with Crippen LogP contribution in [0.25, 0.3) is 0 Å². The molecule has 0 heterocycles. The van der Waals surface area contributed by atoms with Gasteiger partial charge in [-0.1, -0.05) is 0 Å². The number of esters is 1. The number of methoxy groups -OCH3 is 1. The molecule has 0 aliphatic heterocycles. The van der Waals surface area contributed by atoms with Crippen molar-refractivity contribution in [3.63, 3.8) is 0 Å². The van der Waals surface area contributed by atoms with Crippen LogP contribution < -0.4 is 5.73 Å². The predicted molar refractivity (Wildman–Crippen MR) is 50.0 cm³/mol. The molecule has 0 radical (unpaired) electrons. The highest BCUT2D eigenvalue weighted by atomic mass is 19.1. The number of nitrogens with one attached hydrogen (secondary N) is 1. The molecule has 1 aromatic rings. The molecule has 0 amide bonds. The van der Waals surface area contributed by atoms with E-state index in [4.69, 9.17) is 11.1 Å². The zero-order valence-electron chi connectivity index (χ0n) is 7.50. The van der Waals surface area contributed by atoms with Gasteiger partial charge in [-0.3, -0.25) is 0 Å². The maximum Gasteiger partial charge on any atom is 0.339 e. The molecule has 3 N–H and O–H groups in total. The van der Waals surface area contributed by atoms with Gasteiger partial charge in [0.25, 0.3) is 0 Å². The van der Waals surface area contributed by atoms with E-state index in [1.807, 2.05) is 0 Å². The minimum atomic E-state index is -0.648. The first-order chi connectivity index (χ1) is 6.61. The average Bonchev–Trinajstić information content (AvgIpc) is 2.18. The van der Waals surface area contributed by atoms with Gasteiger partial charge < -0.3 is 15.9 Å². The molecule has 0 atom stereocenters. The molecule has 5 heteroatoms. The summed E-state index contributed by atoms with van der Waals surface area (Å²) in [4.78, 5) is 11.1. The van der Waals surface area contributed by atoms with Crippen LogP contribution in [0.15, 0.2) is 12.1 Å². The second-order valence-electron chi connectivity index (χ2n) is 2.56. The zero-order valence-corrected chi connectivity index (χ0v) is 7.50. The topological polar surface area (TPSA) is 76.2 Å². The maximum atomic E-state index is 13.0. The predicted octanol–water partition coefficient (Wildman–Crippen LogP) is 1.19. The first-order valence-electron chi connectivity index (χ1n) is 3.78. The first kappa shape index (κ1) is 10.2. The van der Waals surface area contributed by atoms with E-state index in [1.54, 1.807) is 0 Å². The molecule has 0 aliphatic rings. The van der Waals surface area contributed by atoms with Gasteiger partial charge in [-0.25, -0.2) is 9.18 Å². The molecule has 1 aromatic carbocycles. The fourth-order valence-corrected chi connectivity index (χ4v) is 1.04. The third-order valence-corrected chi connectivity index (χ3v) is 1.78. The van der Waals surface area contributed by atoms with Crippen molar-refractivity contribution >= 4 is 17.9 Å². The lowest BCUT2D eigenvalue weighted by Gasteiger charge is -2.06. The Bertz CT molecular complexity index is 391. The van der Waals surface area contributed by atoms with E-state index in [9.17, 15) is 9.18 Å². The number of halogens is 1. The van der Waals surface area contributed by atoms with Crippen molar-refractivity contribution in [1.29, 1.82) is 5.41 Å². The highest BCUT2D eigenvalue weighted by Crippen LogP contribution is 2.19. The molecule has 0 aromatic heterocycles. The SMILES string of the molecule is COC(=O)c1ccc(F)c(C=N)c1N. The lowest BCUT2D eigenvalue weighted by atomic mass is 10.1. The number of carbonyl (C=O) groups excluding carboxylic acids is 1. The van der Waals surface area contributed by atoms with Gasteiger partial charge in [0, 0.05) is 6.21 Å². The van der Waals surface area contributed by atoms with E-state index >= 15 is 0 Å². The lowest BCUT2D eigenvalue weighted by molar-refractivity contribution is 0.0602. The van der Waals surface area contributed by atoms with Crippen LogP contribution in [0.1, 0.15) is 15.9 Å². The molecule has 0 saturated heterocycles. The molecule has 0 fully saturated rings. The summed E-state index contributed by atoms with van der Waals surface area (Å²) in [5.74, 6) is -1.28. The zero-order chi connectivity index (χ0) is 10.7. The van der Waals surface area contributed by atoms with Crippen LogP contribution in [0.5, 0.6) is 0 Å². The van der Waals surface area contributed by atoms with Crippen molar-refractivity contribution in [3.05, 3.63) is 29.1 Å². The van der Waals surface area contributed by atoms with Crippen LogP contribution in [-0.4, -0.2) is 19.3 Å². The number of hydrogen-bond acceptors (Lipinski definition) is 4. The number of ether oxygens (including phenoxy) is 1. The fourth-order valence-electron chi connectivity index (χ4n) is 1.04. The number of nitrogens with two attached hydrogens (primary N) is 1. The monoisotopic (exact) mass is 196 g/mol. The molecular weight excluding hydrogens is 187 g/mol. The lowest BCUT2D eigenvalue weighted by Crippen LogP contribution is -2.09. The highest BCUT2D eigenvalue weighted by Gasteiger charge is 2.14. The number of hydrogen-bond donors (Lipinski definition) is 2. The van der Waals surface area contributed by atoms with Crippen molar-refractivity contribution in [2.75, 3.05) is 12.8 Å².